The Labute approximate surface area is 130 Å². The molecule has 0 radical (unpaired) electrons. The monoisotopic (exact) mass is 309 g/mol. The second-order valence-corrected chi connectivity index (χ2v) is 7.01. The Hall–Kier alpha value is -2.46. The van der Waals surface area contributed by atoms with Crippen molar-refractivity contribution in [2.45, 2.75) is 16.7 Å². The second kappa shape index (κ2) is 5.73. The summed E-state index contributed by atoms with van der Waals surface area (Å²) in [6, 6.07) is 19.3. The van der Waals surface area contributed by atoms with Gasteiger partial charge in [-0.05, 0) is 43.3 Å². The molecular weight excluding hydrogens is 294 g/mol. The Morgan fingerprint density at radius 2 is 1.36 bits per heavy atom. The second-order valence-electron chi connectivity index (χ2n) is 5.06. The lowest BCUT2D eigenvalue weighted by Gasteiger charge is -2.06. The standard InChI is InChI=1S/C18H15NO2S/c1-14-5-9-16(10-6-14)22(20,21)17-11-7-15(8-12-17)18-4-2-3-13-19-18/h2-13H,1H3. The Balaban J connectivity index is 1.97. The zero-order valence-corrected chi connectivity index (χ0v) is 12.9. The highest BCUT2D eigenvalue weighted by Crippen LogP contribution is 2.24. The van der Waals surface area contributed by atoms with Crippen LogP contribution in [0.1, 0.15) is 5.56 Å². The van der Waals surface area contributed by atoms with Crippen molar-refractivity contribution in [2.75, 3.05) is 0 Å². The Morgan fingerprint density at radius 1 is 0.773 bits per heavy atom. The van der Waals surface area contributed by atoms with Gasteiger partial charge in [-0.15, -0.1) is 0 Å². The van der Waals surface area contributed by atoms with E-state index >= 15 is 0 Å². The highest BCUT2D eigenvalue weighted by Gasteiger charge is 2.17. The van der Waals surface area contributed by atoms with Gasteiger partial charge in [0.05, 0.1) is 15.5 Å². The number of sulfone groups is 1. The molecule has 0 atom stereocenters. The first-order valence-electron chi connectivity index (χ1n) is 6.90. The highest BCUT2D eigenvalue weighted by molar-refractivity contribution is 7.91. The zero-order valence-electron chi connectivity index (χ0n) is 12.1. The van der Waals surface area contributed by atoms with Gasteiger partial charge in [-0.25, -0.2) is 8.42 Å². The topological polar surface area (TPSA) is 47.0 Å². The van der Waals surface area contributed by atoms with Crippen LogP contribution in [0.2, 0.25) is 0 Å². The molecule has 3 aromatic rings. The van der Waals surface area contributed by atoms with Crippen LogP contribution in [0.4, 0.5) is 0 Å². The number of benzene rings is 2. The van der Waals surface area contributed by atoms with Crippen molar-refractivity contribution >= 4 is 9.84 Å². The molecule has 1 aromatic heterocycles. The van der Waals surface area contributed by atoms with Gasteiger partial charge >= 0.3 is 0 Å². The fraction of sp³-hybridized carbons (Fsp3) is 0.0556. The normalized spacial score (nSPS) is 11.3. The Bertz CT molecular complexity index is 869. The van der Waals surface area contributed by atoms with Gasteiger partial charge in [0, 0.05) is 11.8 Å². The number of pyridine rings is 1. The maximum absolute atomic E-state index is 12.6. The number of aromatic nitrogens is 1. The van der Waals surface area contributed by atoms with E-state index in [1.165, 1.54) is 0 Å². The van der Waals surface area contributed by atoms with Crippen molar-refractivity contribution < 1.29 is 8.42 Å². The molecule has 0 bridgehead atoms. The smallest absolute Gasteiger partial charge is 0.206 e. The van der Waals surface area contributed by atoms with Crippen LogP contribution in [0, 0.1) is 6.92 Å². The third-order valence-corrected chi connectivity index (χ3v) is 5.24. The predicted octanol–water partition coefficient (Wildman–Crippen LogP) is 3.89. The van der Waals surface area contributed by atoms with Crippen LogP contribution in [-0.4, -0.2) is 13.4 Å². The molecule has 22 heavy (non-hydrogen) atoms. The van der Waals surface area contributed by atoms with Gasteiger partial charge in [-0.1, -0.05) is 35.9 Å². The first-order valence-corrected chi connectivity index (χ1v) is 8.39. The maximum atomic E-state index is 12.6. The van der Waals surface area contributed by atoms with Crippen molar-refractivity contribution in [3.8, 4) is 11.3 Å². The van der Waals surface area contributed by atoms with Crippen molar-refractivity contribution in [1.82, 2.24) is 4.98 Å². The minimum atomic E-state index is -3.48. The average Bonchev–Trinajstić information content (AvgIpc) is 2.56. The number of hydrogen-bond acceptors (Lipinski definition) is 3. The maximum Gasteiger partial charge on any atom is 0.206 e. The summed E-state index contributed by atoms with van der Waals surface area (Å²) in [7, 11) is -3.48. The lowest BCUT2D eigenvalue weighted by atomic mass is 10.1. The van der Waals surface area contributed by atoms with Gasteiger partial charge < -0.3 is 0 Å². The number of nitrogens with zero attached hydrogens (tertiary/aromatic N) is 1. The first kappa shape index (κ1) is 14.5. The molecule has 1 heterocycles. The van der Waals surface area contributed by atoms with E-state index in [0.29, 0.717) is 4.90 Å². The Kier molecular flexibility index (Phi) is 3.77. The summed E-state index contributed by atoms with van der Waals surface area (Å²) in [5, 5.41) is 0. The van der Waals surface area contributed by atoms with Gasteiger partial charge in [-0.3, -0.25) is 4.98 Å². The summed E-state index contributed by atoms with van der Waals surface area (Å²) in [6.07, 6.45) is 1.71. The van der Waals surface area contributed by atoms with E-state index in [9.17, 15) is 8.42 Å². The number of hydrogen-bond donors (Lipinski definition) is 0. The van der Waals surface area contributed by atoms with Crippen LogP contribution in [0.3, 0.4) is 0 Å². The lowest BCUT2D eigenvalue weighted by molar-refractivity contribution is 0.596. The molecule has 0 aliphatic heterocycles. The molecule has 0 N–H and O–H groups in total. The molecule has 0 amide bonds. The minimum Gasteiger partial charge on any atom is -0.256 e. The molecule has 0 aliphatic rings. The average molecular weight is 309 g/mol. The van der Waals surface area contributed by atoms with Gasteiger partial charge in [0.1, 0.15) is 0 Å². The molecule has 3 nitrogen and oxygen atoms in total. The number of aryl methyl sites for hydroxylation is 1. The van der Waals surface area contributed by atoms with Crippen LogP contribution in [0.5, 0.6) is 0 Å². The van der Waals surface area contributed by atoms with Crippen LogP contribution < -0.4 is 0 Å². The molecule has 0 saturated heterocycles. The molecular formula is C18H15NO2S. The summed E-state index contributed by atoms with van der Waals surface area (Å²) in [5.41, 5.74) is 2.75. The van der Waals surface area contributed by atoms with Gasteiger partial charge in [0.2, 0.25) is 9.84 Å². The highest BCUT2D eigenvalue weighted by atomic mass is 32.2. The fourth-order valence-corrected chi connectivity index (χ4v) is 3.45. The SMILES string of the molecule is Cc1ccc(S(=O)(=O)c2ccc(-c3ccccn3)cc2)cc1. The molecule has 0 aliphatic carbocycles. The molecule has 0 fully saturated rings. The van der Waals surface area contributed by atoms with Crippen molar-refractivity contribution in [3.05, 3.63) is 78.5 Å². The van der Waals surface area contributed by atoms with Crippen LogP contribution >= 0.6 is 0 Å². The Morgan fingerprint density at radius 3 is 1.91 bits per heavy atom. The third-order valence-electron chi connectivity index (χ3n) is 3.46. The summed E-state index contributed by atoms with van der Waals surface area (Å²) >= 11 is 0. The van der Waals surface area contributed by atoms with E-state index < -0.39 is 9.84 Å². The molecule has 2 aromatic carbocycles. The van der Waals surface area contributed by atoms with Gasteiger partial charge in [0.15, 0.2) is 0 Å². The molecule has 3 rings (SSSR count). The van der Waals surface area contributed by atoms with E-state index in [1.54, 1.807) is 54.7 Å². The van der Waals surface area contributed by atoms with Crippen molar-refractivity contribution in [2.24, 2.45) is 0 Å². The molecule has 4 heteroatoms. The third kappa shape index (κ3) is 2.78. The van der Waals surface area contributed by atoms with Gasteiger partial charge in [0.25, 0.3) is 0 Å². The van der Waals surface area contributed by atoms with Crippen molar-refractivity contribution in [3.63, 3.8) is 0 Å². The molecule has 0 saturated carbocycles. The minimum absolute atomic E-state index is 0.288. The fourth-order valence-electron chi connectivity index (χ4n) is 2.19. The quantitative estimate of drug-likeness (QED) is 0.737. The van der Waals surface area contributed by atoms with Crippen LogP contribution in [0.25, 0.3) is 11.3 Å². The first-order chi connectivity index (χ1) is 10.6. The summed E-state index contributed by atoms with van der Waals surface area (Å²) < 4.78 is 25.2. The van der Waals surface area contributed by atoms with Crippen molar-refractivity contribution in [1.29, 1.82) is 0 Å². The molecule has 110 valence electrons. The zero-order chi connectivity index (χ0) is 15.6. The number of rotatable bonds is 3. The van der Waals surface area contributed by atoms with E-state index in [1.807, 2.05) is 25.1 Å². The summed E-state index contributed by atoms with van der Waals surface area (Å²) in [6.45, 7) is 1.93. The van der Waals surface area contributed by atoms with E-state index in [2.05, 4.69) is 4.98 Å². The van der Waals surface area contributed by atoms with E-state index in [4.69, 9.17) is 0 Å². The molecule has 0 unspecified atom stereocenters. The van der Waals surface area contributed by atoms with Crippen LogP contribution in [0.15, 0.2) is 82.7 Å². The van der Waals surface area contributed by atoms with Gasteiger partial charge in [-0.2, -0.15) is 0 Å². The predicted molar refractivity (Wildman–Crippen MR) is 86.3 cm³/mol. The summed E-state index contributed by atoms with van der Waals surface area (Å²) in [4.78, 5) is 4.86. The van der Waals surface area contributed by atoms with E-state index in [0.717, 1.165) is 16.8 Å². The van der Waals surface area contributed by atoms with Crippen LogP contribution in [-0.2, 0) is 9.84 Å². The molecule has 0 spiro atoms. The summed E-state index contributed by atoms with van der Waals surface area (Å²) in [5.74, 6) is 0. The lowest BCUT2D eigenvalue weighted by Crippen LogP contribution is -2.01. The van der Waals surface area contributed by atoms with E-state index in [-0.39, 0.29) is 4.90 Å². The largest absolute Gasteiger partial charge is 0.256 e.